The number of amides is 1. The molecule has 5 heteroatoms. The molecule has 2 N–H and O–H groups in total. The highest BCUT2D eigenvalue weighted by atomic mass is 35.5. The highest BCUT2D eigenvalue weighted by molar-refractivity contribution is 6.32. The molecule has 4 nitrogen and oxygen atoms in total. The molecule has 0 unspecified atom stereocenters. The predicted octanol–water partition coefficient (Wildman–Crippen LogP) is 4.18. The van der Waals surface area contributed by atoms with Gasteiger partial charge in [-0.15, -0.1) is 0 Å². The quantitative estimate of drug-likeness (QED) is 0.541. The molecule has 2 aliphatic rings. The molecule has 1 aromatic rings. The van der Waals surface area contributed by atoms with Crippen molar-refractivity contribution in [2.24, 2.45) is 17.8 Å². The molecular weight excluding hydrogens is 362 g/mol. The maximum Gasteiger partial charge on any atom is 0.222 e. The summed E-state index contributed by atoms with van der Waals surface area (Å²) < 4.78 is 0. The number of nitrogens with zero attached hydrogens (tertiary/aromatic N) is 1. The molecule has 0 aliphatic heterocycles. The Morgan fingerprint density at radius 2 is 2.07 bits per heavy atom. The van der Waals surface area contributed by atoms with Crippen molar-refractivity contribution in [1.82, 2.24) is 4.90 Å². The van der Waals surface area contributed by atoms with E-state index in [0.29, 0.717) is 29.7 Å². The molecule has 0 spiro atoms. The minimum atomic E-state index is -0.325. The second-order valence-electron chi connectivity index (χ2n) is 8.27. The Kier molecular flexibility index (Phi) is 6.48. The topological polar surface area (TPSA) is 60.8 Å². The van der Waals surface area contributed by atoms with Gasteiger partial charge in [0, 0.05) is 20.5 Å². The molecule has 4 atom stereocenters. The van der Waals surface area contributed by atoms with Crippen LogP contribution in [0, 0.1) is 17.8 Å². The SMILES string of the molecule is CN(C)C(=O)CCCCC1=C[C@H]2C[C@@H](O)[C@H](Cc3cccc(Cl)c3O)[C@H]2C1. The molecule has 27 heavy (non-hydrogen) atoms. The zero-order chi connectivity index (χ0) is 19.6. The number of fused-ring (bicyclic) bond motifs is 1. The molecule has 0 bridgehead atoms. The Hall–Kier alpha value is -1.52. The molecule has 1 aromatic carbocycles. The van der Waals surface area contributed by atoms with Crippen molar-refractivity contribution in [3.8, 4) is 5.75 Å². The first kappa shape index (κ1) is 20.2. The Labute approximate surface area is 166 Å². The summed E-state index contributed by atoms with van der Waals surface area (Å²) in [5, 5.41) is 21.1. The van der Waals surface area contributed by atoms with Crippen molar-refractivity contribution in [2.75, 3.05) is 14.1 Å². The predicted molar refractivity (Wildman–Crippen MR) is 108 cm³/mol. The molecule has 2 aliphatic carbocycles. The van der Waals surface area contributed by atoms with Gasteiger partial charge in [0.25, 0.3) is 0 Å². The second kappa shape index (κ2) is 8.66. The number of carbonyl (C=O) groups excluding carboxylic acids is 1. The number of halogens is 1. The zero-order valence-corrected chi connectivity index (χ0v) is 17.0. The lowest BCUT2D eigenvalue weighted by molar-refractivity contribution is -0.128. The van der Waals surface area contributed by atoms with Crippen molar-refractivity contribution in [1.29, 1.82) is 0 Å². The van der Waals surface area contributed by atoms with Gasteiger partial charge >= 0.3 is 0 Å². The lowest BCUT2D eigenvalue weighted by Crippen LogP contribution is -2.22. The Morgan fingerprint density at radius 3 is 2.81 bits per heavy atom. The fourth-order valence-electron chi connectivity index (χ4n) is 4.70. The molecule has 0 aromatic heterocycles. The van der Waals surface area contributed by atoms with E-state index in [1.807, 2.05) is 12.1 Å². The van der Waals surface area contributed by atoms with E-state index < -0.39 is 0 Å². The molecule has 0 saturated heterocycles. The van der Waals surface area contributed by atoms with E-state index in [1.165, 1.54) is 5.57 Å². The van der Waals surface area contributed by atoms with Crippen LogP contribution in [0.3, 0.4) is 0 Å². The number of para-hydroxylation sites is 1. The van der Waals surface area contributed by atoms with Crippen LogP contribution in [0.25, 0.3) is 0 Å². The minimum Gasteiger partial charge on any atom is -0.506 e. The summed E-state index contributed by atoms with van der Waals surface area (Å²) in [4.78, 5) is 13.3. The van der Waals surface area contributed by atoms with E-state index in [2.05, 4.69) is 6.08 Å². The standard InChI is InChI=1S/C22H30ClNO3/c1-24(2)21(26)9-4-3-6-14-10-16-13-20(25)18(17(16)11-14)12-15-7-5-8-19(23)22(15)27/h5,7-8,10,16-18,20,25,27H,3-4,6,9,11-13H2,1-2H3/t16-,17-,18+,20+/m0/s1. The molecule has 1 fully saturated rings. The third-order valence-corrected chi connectivity index (χ3v) is 6.52. The van der Waals surface area contributed by atoms with Crippen LogP contribution in [0.5, 0.6) is 5.75 Å². The summed E-state index contributed by atoms with van der Waals surface area (Å²) in [6.07, 6.45) is 8.14. The van der Waals surface area contributed by atoms with Crippen molar-refractivity contribution in [2.45, 2.75) is 51.0 Å². The van der Waals surface area contributed by atoms with E-state index in [9.17, 15) is 15.0 Å². The van der Waals surface area contributed by atoms with Gasteiger partial charge in [-0.05, 0) is 67.9 Å². The van der Waals surface area contributed by atoms with Gasteiger partial charge in [0.2, 0.25) is 5.91 Å². The number of carbonyl (C=O) groups is 1. The average molecular weight is 392 g/mol. The van der Waals surface area contributed by atoms with Crippen LogP contribution in [0.4, 0.5) is 0 Å². The van der Waals surface area contributed by atoms with Crippen LogP contribution in [0.15, 0.2) is 29.8 Å². The van der Waals surface area contributed by atoms with Crippen LogP contribution < -0.4 is 0 Å². The molecule has 1 saturated carbocycles. The van der Waals surface area contributed by atoms with Crippen molar-refractivity contribution in [3.05, 3.63) is 40.4 Å². The largest absolute Gasteiger partial charge is 0.506 e. The number of rotatable bonds is 7. The summed E-state index contributed by atoms with van der Waals surface area (Å²) >= 11 is 6.03. The lowest BCUT2D eigenvalue weighted by atomic mass is 9.84. The van der Waals surface area contributed by atoms with Gasteiger partial charge in [-0.25, -0.2) is 0 Å². The van der Waals surface area contributed by atoms with Crippen molar-refractivity contribution >= 4 is 17.5 Å². The monoisotopic (exact) mass is 391 g/mol. The smallest absolute Gasteiger partial charge is 0.222 e. The van der Waals surface area contributed by atoms with Gasteiger partial charge in [0.15, 0.2) is 0 Å². The summed E-state index contributed by atoms with van der Waals surface area (Å²) in [6, 6.07) is 5.43. The fourth-order valence-corrected chi connectivity index (χ4v) is 4.90. The minimum absolute atomic E-state index is 0.145. The third kappa shape index (κ3) is 4.67. The normalized spacial score (nSPS) is 26.7. The van der Waals surface area contributed by atoms with Gasteiger partial charge in [-0.2, -0.15) is 0 Å². The van der Waals surface area contributed by atoms with Crippen LogP contribution >= 0.6 is 11.6 Å². The zero-order valence-electron chi connectivity index (χ0n) is 16.2. The van der Waals surface area contributed by atoms with Crippen LogP contribution in [0.1, 0.15) is 44.1 Å². The van der Waals surface area contributed by atoms with Crippen molar-refractivity contribution in [3.63, 3.8) is 0 Å². The first-order chi connectivity index (χ1) is 12.9. The molecule has 0 radical (unpaired) electrons. The number of aliphatic hydroxyl groups excluding tert-OH is 1. The number of aromatic hydroxyl groups is 1. The van der Waals surface area contributed by atoms with Gasteiger partial charge in [-0.1, -0.05) is 35.4 Å². The first-order valence-corrected chi connectivity index (χ1v) is 10.3. The average Bonchev–Trinajstić information content (AvgIpc) is 3.13. The van der Waals surface area contributed by atoms with Gasteiger partial charge in [0.1, 0.15) is 5.75 Å². The lowest BCUT2D eigenvalue weighted by Gasteiger charge is -2.22. The Balaban J connectivity index is 1.54. The third-order valence-electron chi connectivity index (χ3n) is 6.22. The summed E-state index contributed by atoms with van der Waals surface area (Å²) in [6.45, 7) is 0. The number of allylic oxidation sites excluding steroid dienone is 2. The van der Waals surface area contributed by atoms with E-state index in [4.69, 9.17) is 11.6 Å². The molecule has 0 heterocycles. The Morgan fingerprint density at radius 1 is 1.30 bits per heavy atom. The summed E-state index contributed by atoms with van der Waals surface area (Å²) in [5.41, 5.74) is 2.29. The van der Waals surface area contributed by atoms with Crippen LogP contribution in [0.2, 0.25) is 5.02 Å². The Bertz CT molecular complexity index is 716. The number of hydrogen-bond acceptors (Lipinski definition) is 3. The van der Waals surface area contributed by atoms with E-state index in [0.717, 1.165) is 37.7 Å². The van der Waals surface area contributed by atoms with Gasteiger partial charge in [-0.3, -0.25) is 4.79 Å². The van der Waals surface area contributed by atoms with E-state index in [1.54, 1.807) is 25.1 Å². The fraction of sp³-hybridized carbons (Fsp3) is 0.591. The number of aliphatic hydroxyl groups is 1. The summed E-state index contributed by atoms with van der Waals surface area (Å²) in [7, 11) is 3.60. The second-order valence-corrected chi connectivity index (χ2v) is 8.68. The maximum atomic E-state index is 11.7. The number of benzene rings is 1. The van der Waals surface area contributed by atoms with Gasteiger partial charge < -0.3 is 15.1 Å². The number of hydrogen-bond donors (Lipinski definition) is 2. The molecule has 1 amide bonds. The van der Waals surface area contributed by atoms with Crippen LogP contribution in [-0.2, 0) is 11.2 Å². The number of phenols is 1. The molecule has 148 valence electrons. The first-order valence-electron chi connectivity index (χ1n) is 9.91. The highest BCUT2D eigenvalue weighted by Gasteiger charge is 2.44. The highest BCUT2D eigenvalue weighted by Crippen LogP contribution is 2.49. The van der Waals surface area contributed by atoms with Crippen molar-refractivity contribution < 1.29 is 15.0 Å². The van der Waals surface area contributed by atoms with E-state index in [-0.39, 0.29) is 23.7 Å². The molecule has 3 rings (SSSR count). The number of unbranched alkanes of at least 4 members (excludes halogenated alkanes) is 1. The number of phenolic OH excluding ortho intramolecular Hbond substituents is 1. The molecular formula is C22H30ClNO3. The summed E-state index contributed by atoms with van der Waals surface area (Å²) in [5.74, 6) is 1.37. The van der Waals surface area contributed by atoms with Crippen LogP contribution in [-0.4, -0.2) is 41.2 Å². The van der Waals surface area contributed by atoms with Gasteiger partial charge in [0.05, 0.1) is 11.1 Å². The van der Waals surface area contributed by atoms with E-state index >= 15 is 0 Å². The maximum absolute atomic E-state index is 11.7.